The summed E-state index contributed by atoms with van der Waals surface area (Å²) in [5.74, 6) is 0.442. The number of anilines is 1. The van der Waals surface area contributed by atoms with E-state index in [2.05, 4.69) is 15.5 Å². The lowest BCUT2D eigenvalue weighted by Gasteiger charge is -2.16. The van der Waals surface area contributed by atoms with Crippen LogP contribution in [-0.4, -0.2) is 21.6 Å². The summed E-state index contributed by atoms with van der Waals surface area (Å²) in [4.78, 5) is 11.5. The number of hydrogen-bond acceptors (Lipinski definition) is 3. The van der Waals surface area contributed by atoms with Crippen LogP contribution in [0.5, 0.6) is 0 Å². The Hall–Kier alpha value is -1.36. The maximum Gasteiger partial charge on any atom is 0.227 e. The van der Waals surface area contributed by atoms with E-state index in [1.54, 1.807) is 0 Å². The third-order valence-electron chi connectivity index (χ3n) is 1.90. The summed E-state index contributed by atoms with van der Waals surface area (Å²) in [5.41, 5.74) is 6.24. The first-order valence-electron chi connectivity index (χ1n) is 5.04. The average Bonchev–Trinajstić information content (AvgIpc) is 2.48. The number of aromatic amines is 1. The Kier molecular flexibility index (Phi) is 3.47. The van der Waals surface area contributed by atoms with Crippen LogP contribution in [0.25, 0.3) is 0 Å². The van der Waals surface area contributed by atoms with Gasteiger partial charge in [0.25, 0.3) is 0 Å². The molecule has 15 heavy (non-hydrogen) atoms. The van der Waals surface area contributed by atoms with Crippen molar-refractivity contribution < 1.29 is 4.79 Å². The van der Waals surface area contributed by atoms with Gasteiger partial charge >= 0.3 is 0 Å². The van der Waals surface area contributed by atoms with E-state index in [4.69, 9.17) is 5.73 Å². The Bertz CT molecular complexity index is 337. The monoisotopic (exact) mass is 210 g/mol. The Labute approximate surface area is 89.4 Å². The third-order valence-corrected chi connectivity index (χ3v) is 1.90. The molecule has 4 N–H and O–H groups in total. The minimum Gasteiger partial charge on any atom is -0.325 e. The summed E-state index contributed by atoms with van der Waals surface area (Å²) < 4.78 is 0. The molecule has 0 bridgehead atoms. The lowest BCUT2D eigenvalue weighted by molar-refractivity contribution is -0.117. The first-order chi connectivity index (χ1) is 6.90. The van der Waals surface area contributed by atoms with Gasteiger partial charge < -0.3 is 11.1 Å². The normalized spacial score (nSPS) is 11.5. The molecule has 1 heterocycles. The molecule has 0 spiro atoms. The molecule has 1 aromatic rings. The van der Waals surface area contributed by atoms with Crippen molar-refractivity contribution in [2.45, 2.75) is 39.2 Å². The van der Waals surface area contributed by atoms with Gasteiger partial charge in [0, 0.05) is 23.7 Å². The molecular weight excluding hydrogens is 192 g/mol. The number of carbonyl (C=O) groups excluding carboxylic acids is 1. The van der Waals surface area contributed by atoms with Crippen LogP contribution >= 0.6 is 0 Å². The highest BCUT2D eigenvalue weighted by Crippen LogP contribution is 2.09. The second-order valence-electron chi connectivity index (χ2n) is 4.35. The van der Waals surface area contributed by atoms with Crippen molar-refractivity contribution in [3.63, 3.8) is 0 Å². The predicted octanol–water partition coefficient (Wildman–Crippen LogP) is 1.04. The SMILES string of the molecule is CCc1cc(NC(=O)CC(C)(C)N)n[nH]1. The number of nitrogens with zero attached hydrogens (tertiary/aromatic N) is 1. The van der Waals surface area contributed by atoms with Gasteiger partial charge in [-0.15, -0.1) is 0 Å². The molecule has 0 fully saturated rings. The summed E-state index contributed by atoms with van der Waals surface area (Å²) in [6, 6.07) is 1.82. The molecule has 0 aromatic carbocycles. The van der Waals surface area contributed by atoms with Crippen molar-refractivity contribution in [2.24, 2.45) is 5.73 Å². The van der Waals surface area contributed by atoms with E-state index < -0.39 is 5.54 Å². The Morgan fingerprint density at radius 2 is 2.33 bits per heavy atom. The fourth-order valence-corrected chi connectivity index (χ4v) is 1.21. The van der Waals surface area contributed by atoms with Gasteiger partial charge in [-0.25, -0.2) is 0 Å². The van der Waals surface area contributed by atoms with E-state index in [0.717, 1.165) is 12.1 Å². The van der Waals surface area contributed by atoms with Crippen molar-refractivity contribution in [3.8, 4) is 0 Å². The molecule has 0 aliphatic heterocycles. The molecule has 5 heteroatoms. The molecule has 0 atom stereocenters. The molecule has 1 aromatic heterocycles. The molecule has 0 unspecified atom stereocenters. The lowest BCUT2D eigenvalue weighted by Crippen LogP contribution is -2.36. The Balaban J connectivity index is 2.51. The highest BCUT2D eigenvalue weighted by molar-refractivity contribution is 5.90. The minimum absolute atomic E-state index is 0.114. The topological polar surface area (TPSA) is 83.8 Å². The molecule has 0 aliphatic rings. The van der Waals surface area contributed by atoms with Crippen molar-refractivity contribution in [1.29, 1.82) is 0 Å². The maximum absolute atomic E-state index is 11.5. The first-order valence-corrected chi connectivity index (χ1v) is 5.04. The Morgan fingerprint density at radius 3 is 2.80 bits per heavy atom. The standard InChI is InChI=1S/C10H18N4O/c1-4-7-5-8(14-13-7)12-9(15)6-10(2,3)11/h5H,4,6,11H2,1-3H3,(H2,12,13,14,15). The van der Waals surface area contributed by atoms with Crippen molar-refractivity contribution in [1.82, 2.24) is 10.2 Å². The fraction of sp³-hybridized carbons (Fsp3) is 0.600. The van der Waals surface area contributed by atoms with E-state index in [1.807, 2.05) is 26.8 Å². The van der Waals surface area contributed by atoms with Crippen LogP contribution in [0.15, 0.2) is 6.07 Å². The quantitative estimate of drug-likeness (QED) is 0.694. The van der Waals surface area contributed by atoms with Crippen molar-refractivity contribution >= 4 is 11.7 Å². The van der Waals surface area contributed by atoms with Crippen LogP contribution in [0.3, 0.4) is 0 Å². The Morgan fingerprint density at radius 1 is 1.67 bits per heavy atom. The number of carbonyl (C=O) groups is 1. The molecule has 1 amide bonds. The lowest BCUT2D eigenvalue weighted by atomic mass is 10.0. The second kappa shape index (κ2) is 4.44. The molecule has 1 rings (SSSR count). The highest BCUT2D eigenvalue weighted by atomic mass is 16.1. The average molecular weight is 210 g/mol. The van der Waals surface area contributed by atoms with Gasteiger partial charge in [0.15, 0.2) is 5.82 Å². The number of H-pyrrole nitrogens is 1. The molecule has 0 saturated heterocycles. The highest BCUT2D eigenvalue weighted by Gasteiger charge is 2.16. The maximum atomic E-state index is 11.5. The van der Waals surface area contributed by atoms with Crippen LogP contribution in [0, 0.1) is 0 Å². The van der Waals surface area contributed by atoms with Gasteiger partial charge in [-0.2, -0.15) is 5.10 Å². The molecule has 0 radical (unpaired) electrons. The number of nitrogens with two attached hydrogens (primary N) is 1. The van der Waals surface area contributed by atoms with Gasteiger partial charge in [0.2, 0.25) is 5.91 Å². The van der Waals surface area contributed by atoms with E-state index >= 15 is 0 Å². The third kappa shape index (κ3) is 4.12. The van der Waals surface area contributed by atoms with Gasteiger partial charge in [0.1, 0.15) is 0 Å². The second-order valence-corrected chi connectivity index (χ2v) is 4.35. The zero-order valence-corrected chi connectivity index (χ0v) is 9.42. The fourth-order valence-electron chi connectivity index (χ4n) is 1.21. The van der Waals surface area contributed by atoms with Crippen LogP contribution in [0.2, 0.25) is 0 Å². The zero-order chi connectivity index (χ0) is 11.5. The van der Waals surface area contributed by atoms with Gasteiger partial charge in [-0.1, -0.05) is 6.92 Å². The van der Waals surface area contributed by atoms with Crippen LogP contribution < -0.4 is 11.1 Å². The molecular formula is C10H18N4O. The summed E-state index contributed by atoms with van der Waals surface area (Å²) in [6.45, 7) is 5.64. The van der Waals surface area contributed by atoms with E-state index in [1.165, 1.54) is 0 Å². The summed E-state index contributed by atoms with van der Waals surface area (Å²) in [5, 5.41) is 9.48. The van der Waals surface area contributed by atoms with Crippen LogP contribution in [0.4, 0.5) is 5.82 Å². The molecule has 84 valence electrons. The molecule has 0 aliphatic carbocycles. The predicted molar refractivity (Wildman–Crippen MR) is 59.5 cm³/mol. The number of rotatable bonds is 4. The van der Waals surface area contributed by atoms with E-state index in [0.29, 0.717) is 5.82 Å². The number of aromatic nitrogens is 2. The summed E-state index contributed by atoms with van der Waals surface area (Å²) >= 11 is 0. The largest absolute Gasteiger partial charge is 0.325 e. The van der Waals surface area contributed by atoms with Gasteiger partial charge in [-0.05, 0) is 20.3 Å². The smallest absolute Gasteiger partial charge is 0.227 e. The van der Waals surface area contributed by atoms with Crippen LogP contribution in [0.1, 0.15) is 32.9 Å². The summed E-state index contributed by atoms with van der Waals surface area (Å²) in [6.07, 6.45) is 1.15. The molecule has 5 nitrogen and oxygen atoms in total. The number of amides is 1. The van der Waals surface area contributed by atoms with Gasteiger partial charge in [0.05, 0.1) is 0 Å². The zero-order valence-electron chi connectivity index (χ0n) is 9.42. The number of aryl methyl sites for hydroxylation is 1. The molecule has 0 saturated carbocycles. The minimum atomic E-state index is -0.492. The van der Waals surface area contributed by atoms with Crippen LogP contribution in [-0.2, 0) is 11.2 Å². The number of nitrogens with one attached hydrogen (secondary N) is 2. The van der Waals surface area contributed by atoms with Gasteiger partial charge in [-0.3, -0.25) is 9.89 Å². The first kappa shape index (κ1) is 11.7. The van der Waals surface area contributed by atoms with E-state index in [-0.39, 0.29) is 12.3 Å². The van der Waals surface area contributed by atoms with Crippen molar-refractivity contribution in [2.75, 3.05) is 5.32 Å². The summed E-state index contributed by atoms with van der Waals surface area (Å²) in [7, 11) is 0. The van der Waals surface area contributed by atoms with E-state index in [9.17, 15) is 4.79 Å². The number of hydrogen-bond donors (Lipinski definition) is 3. The van der Waals surface area contributed by atoms with Crippen molar-refractivity contribution in [3.05, 3.63) is 11.8 Å².